The Morgan fingerprint density at radius 2 is 1.07 bits per heavy atom. The molecule has 0 aromatic heterocycles. The number of rotatable bonds is 16. The van der Waals surface area contributed by atoms with Crippen LogP contribution in [0, 0.1) is 0 Å². The highest BCUT2D eigenvalue weighted by Crippen LogP contribution is 2.22. The van der Waals surface area contributed by atoms with Gasteiger partial charge in [0.05, 0.1) is 0 Å². The van der Waals surface area contributed by atoms with Crippen LogP contribution in [0.3, 0.4) is 0 Å². The Labute approximate surface area is 167 Å². The molecule has 6 heteroatoms. The van der Waals surface area contributed by atoms with Crippen molar-refractivity contribution >= 4 is 11.9 Å². The van der Waals surface area contributed by atoms with E-state index in [1.54, 1.807) is 24.3 Å². The van der Waals surface area contributed by atoms with E-state index >= 15 is 0 Å². The lowest BCUT2D eigenvalue weighted by Gasteiger charge is -2.17. The molecule has 2 unspecified atom stereocenters. The number of hydrogen-bond donors (Lipinski definition) is 2. The molecule has 28 heavy (non-hydrogen) atoms. The number of carboxylic acid groups (broad SMARTS) is 2. The van der Waals surface area contributed by atoms with Crippen molar-refractivity contribution in [2.75, 3.05) is 0 Å². The maximum absolute atomic E-state index is 11.4. The first-order valence-electron chi connectivity index (χ1n) is 10.4. The molecule has 158 valence electrons. The van der Waals surface area contributed by atoms with Crippen molar-refractivity contribution in [3.05, 3.63) is 24.3 Å². The van der Waals surface area contributed by atoms with E-state index < -0.39 is 24.1 Å². The maximum Gasteiger partial charge on any atom is 0.344 e. The second-order valence-corrected chi connectivity index (χ2v) is 7.06. The van der Waals surface area contributed by atoms with Crippen molar-refractivity contribution in [2.45, 2.75) is 90.3 Å². The summed E-state index contributed by atoms with van der Waals surface area (Å²) in [5, 5.41) is 18.7. The average Bonchev–Trinajstić information content (AvgIpc) is 2.67. The second kappa shape index (κ2) is 13.9. The van der Waals surface area contributed by atoms with Crippen LogP contribution in [0.4, 0.5) is 0 Å². The van der Waals surface area contributed by atoms with Gasteiger partial charge >= 0.3 is 11.9 Å². The molecular formula is C22H34O6. The zero-order valence-electron chi connectivity index (χ0n) is 17.1. The molecule has 0 aliphatic carbocycles. The first-order valence-corrected chi connectivity index (χ1v) is 10.4. The van der Waals surface area contributed by atoms with Gasteiger partial charge < -0.3 is 19.7 Å². The Kier molecular flexibility index (Phi) is 11.8. The Morgan fingerprint density at radius 1 is 0.714 bits per heavy atom. The summed E-state index contributed by atoms with van der Waals surface area (Å²) >= 11 is 0. The van der Waals surface area contributed by atoms with Gasteiger partial charge in [0.2, 0.25) is 0 Å². The molecule has 0 amide bonds. The van der Waals surface area contributed by atoms with Crippen LogP contribution >= 0.6 is 0 Å². The molecule has 0 radical (unpaired) electrons. The summed E-state index contributed by atoms with van der Waals surface area (Å²) in [6.45, 7) is 4.21. The minimum atomic E-state index is -0.977. The van der Waals surface area contributed by atoms with Gasteiger partial charge in [0.15, 0.2) is 12.2 Å². The fourth-order valence-electron chi connectivity index (χ4n) is 2.90. The third kappa shape index (κ3) is 9.62. The lowest BCUT2D eigenvalue weighted by atomic mass is 10.1. The molecule has 0 aliphatic rings. The van der Waals surface area contributed by atoms with Gasteiger partial charge in [-0.1, -0.05) is 52.4 Å². The number of ether oxygens (including phenoxy) is 2. The van der Waals surface area contributed by atoms with E-state index in [1.807, 2.05) is 0 Å². The zero-order valence-corrected chi connectivity index (χ0v) is 17.1. The third-order valence-corrected chi connectivity index (χ3v) is 4.57. The van der Waals surface area contributed by atoms with Gasteiger partial charge in [-0.2, -0.15) is 0 Å². The highest BCUT2D eigenvalue weighted by Gasteiger charge is 2.20. The smallest absolute Gasteiger partial charge is 0.344 e. The third-order valence-electron chi connectivity index (χ3n) is 4.57. The summed E-state index contributed by atoms with van der Waals surface area (Å²) < 4.78 is 11.2. The van der Waals surface area contributed by atoms with Crippen molar-refractivity contribution in [1.29, 1.82) is 0 Å². The summed E-state index contributed by atoms with van der Waals surface area (Å²) in [6, 6.07) is 6.47. The Bertz CT molecular complexity index is 518. The lowest BCUT2D eigenvalue weighted by molar-refractivity contribution is -0.146. The molecular weight excluding hydrogens is 360 g/mol. The van der Waals surface area contributed by atoms with Crippen LogP contribution in [0.25, 0.3) is 0 Å². The van der Waals surface area contributed by atoms with Gasteiger partial charge in [-0.3, -0.25) is 0 Å². The molecule has 0 spiro atoms. The Hall–Kier alpha value is -2.24. The zero-order chi connectivity index (χ0) is 20.8. The standard InChI is InChI=1S/C22H34O6/c1-3-5-7-9-11-19(21(23)24)27-17-13-15-18(16-14-17)28-20(22(25)26)12-10-8-6-4-2/h13-16,19-20H,3-12H2,1-2H3,(H,23,24)(H,25,26). The van der Waals surface area contributed by atoms with Gasteiger partial charge in [-0.15, -0.1) is 0 Å². The molecule has 0 aliphatic heterocycles. The Morgan fingerprint density at radius 3 is 1.36 bits per heavy atom. The van der Waals surface area contributed by atoms with Crippen LogP contribution in [0.5, 0.6) is 11.5 Å². The van der Waals surface area contributed by atoms with Gasteiger partial charge in [-0.05, 0) is 49.9 Å². The minimum absolute atomic E-state index is 0.435. The SMILES string of the molecule is CCCCCCC(Oc1ccc(OC(CCCCCC)C(=O)O)cc1)C(=O)O. The van der Waals surface area contributed by atoms with Gasteiger partial charge in [0.1, 0.15) is 11.5 Å². The van der Waals surface area contributed by atoms with E-state index in [0.717, 1.165) is 51.4 Å². The van der Waals surface area contributed by atoms with Crippen molar-refractivity contribution in [3.8, 4) is 11.5 Å². The molecule has 2 N–H and O–H groups in total. The number of unbranched alkanes of at least 4 members (excludes halogenated alkanes) is 6. The normalized spacial score (nSPS) is 12.9. The number of hydrogen-bond acceptors (Lipinski definition) is 4. The van der Waals surface area contributed by atoms with Gasteiger partial charge in [0.25, 0.3) is 0 Å². The van der Waals surface area contributed by atoms with Crippen LogP contribution in [0.1, 0.15) is 78.1 Å². The summed E-state index contributed by atoms with van der Waals surface area (Å²) in [5.41, 5.74) is 0. The van der Waals surface area contributed by atoms with E-state index in [9.17, 15) is 19.8 Å². The van der Waals surface area contributed by atoms with Crippen LogP contribution in [0.2, 0.25) is 0 Å². The molecule has 1 aromatic rings. The van der Waals surface area contributed by atoms with E-state index in [1.165, 1.54) is 0 Å². The number of carboxylic acids is 2. The lowest BCUT2D eigenvalue weighted by Crippen LogP contribution is -2.27. The molecule has 0 heterocycles. The summed E-state index contributed by atoms with van der Waals surface area (Å²) in [5.74, 6) is -1.08. The van der Waals surface area contributed by atoms with Crippen LogP contribution in [0.15, 0.2) is 24.3 Å². The first-order chi connectivity index (χ1) is 13.5. The van der Waals surface area contributed by atoms with Crippen LogP contribution in [-0.4, -0.2) is 34.4 Å². The summed E-state index contributed by atoms with van der Waals surface area (Å²) in [4.78, 5) is 22.8. The fraction of sp³-hybridized carbons (Fsp3) is 0.636. The minimum Gasteiger partial charge on any atom is -0.479 e. The van der Waals surface area contributed by atoms with Crippen LogP contribution in [-0.2, 0) is 9.59 Å². The predicted octanol–water partition coefficient (Wildman–Crippen LogP) is 5.29. The number of carbonyl (C=O) groups is 2. The highest BCUT2D eigenvalue weighted by molar-refractivity contribution is 5.73. The number of aliphatic carboxylic acids is 2. The number of benzene rings is 1. The van der Waals surface area contributed by atoms with E-state index in [0.29, 0.717) is 24.3 Å². The maximum atomic E-state index is 11.4. The van der Waals surface area contributed by atoms with Crippen LogP contribution < -0.4 is 9.47 Å². The summed E-state index contributed by atoms with van der Waals surface area (Å²) in [6.07, 6.45) is 7.13. The van der Waals surface area contributed by atoms with E-state index in [-0.39, 0.29) is 0 Å². The van der Waals surface area contributed by atoms with E-state index in [2.05, 4.69) is 13.8 Å². The molecule has 0 bridgehead atoms. The summed E-state index contributed by atoms with van der Waals surface area (Å²) in [7, 11) is 0. The van der Waals surface area contributed by atoms with Gasteiger partial charge in [-0.25, -0.2) is 9.59 Å². The second-order valence-electron chi connectivity index (χ2n) is 7.06. The highest BCUT2D eigenvalue weighted by atomic mass is 16.5. The molecule has 0 saturated carbocycles. The first kappa shape index (κ1) is 23.8. The molecule has 0 saturated heterocycles. The van der Waals surface area contributed by atoms with Gasteiger partial charge in [0, 0.05) is 0 Å². The van der Waals surface area contributed by atoms with Crippen molar-refractivity contribution < 1.29 is 29.3 Å². The average molecular weight is 395 g/mol. The molecule has 2 atom stereocenters. The predicted molar refractivity (Wildman–Crippen MR) is 108 cm³/mol. The molecule has 6 nitrogen and oxygen atoms in total. The monoisotopic (exact) mass is 394 g/mol. The molecule has 0 fully saturated rings. The van der Waals surface area contributed by atoms with E-state index in [4.69, 9.17) is 9.47 Å². The largest absolute Gasteiger partial charge is 0.479 e. The topological polar surface area (TPSA) is 93.1 Å². The van der Waals surface area contributed by atoms with Crippen molar-refractivity contribution in [2.24, 2.45) is 0 Å². The molecule has 1 rings (SSSR count). The quantitative estimate of drug-likeness (QED) is 0.370. The van der Waals surface area contributed by atoms with Crippen molar-refractivity contribution in [3.63, 3.8) is 0 Å². The molecule has 1 aromatic carbocycles. The fourth-order valence-corrected chi connectivity index (χ4v) is 2.90. The Balaban J connectivity index is 2.57. The van der Waals surface area contributed by atoms with Crippen molar-refractivity contribution in [1.82, 2.24) is 0 Å².